The van der Waals surface area contributed by atoms with E-state index in [4.69, 9.17) is 12.2 Å². The zero-order chi connectivity index (χ0) is 14.6. The Morgan fingerprint density at radius 2 is 2.14 bits per heavy atom. The normalized spacial score (nSPS) is 19.7. The molecule has 0 saturated heterocycles. The van der Waals surface area contributed by atoms with Crippen molar-refractivity contribution in [3.05, 3.63) is 28.3 Å². The fourth-order valence-corrected chi connectivity index (χ4v) is 3.44. The lowest BCUT2D eigenvalue weighted by Crippen LogP contribution is -2.31. The van der Waals surface area contributed by atoms with Crippen molar-refractivity contribution in [2.75, 3.05) is 6.54 Å². The van der Waals surface area contributed by atoms with Crippen LogP contribution in [-0.2, 0) is 0 Å². The standard InChI is InChI=1S/C15H16FN3OS/c16-9-5-10(12-11(6-9)18-14(21)19-12)13(20)17-7-15(3-4-15)8-1-2-8/h5-6,8H,1-4,7H2,(H,17,20)(H2,18,19,21). The highest BCUT2D eigenvalue weighted by Crippen LogP contribution is 2.60. The molecule has 0 radical (unpaired) electrons. The van der Waals surface area contributed by atoms with Crippen LogP contribution in [0.15, 0.2) is 12.1 Å². The quantitative estimate of drug-likeness (QED) is 0.759. The molecule has 1 amide bonds. The van der Waals surface area contributed by atoms with Gasteiger partial charge in [-0.15, -0.1) is 0 Å². The molecule has 0 bridgehead atoms. The van der Waals surface area contributed by atoms with Gasteiger partial charge >= 0.3 is 0 Å². The Balaban J connectivity index is 1.60. The molecule has 1 aromatic heterocycles. The summed E-state index contributed by atoms with van der Waals surface area (Å²) < 4.78 is 14.0. The molecule has 1 heterocycles. The van der Waals surface area contributed by atoms with Gasteiger partial charge in [-0.3, -0.25) is 4.79 Å². The number of aromatic nitrogens is 2. The molecule has 4 nitrogen and oxygen atoms in total. The lowest BCUT2D eigenvalue weighted by atomic mass is 10.0. The smallest absolute Gasteiger partial charge is 0.253 e. The number of fused-ring (bicyclic) bond motifs is 1. The van der Waals surface area contributed by atoms with Crippen molar-refractivity contribution in [1.82, 2.24) is 15.3 Å². The van der Waals surface area contributed by atoms with Crippen LogP contribution in [0, 0.1) is 21.9 Å². The molecule has 4 rings (SSSR count). The van der Waals surface area contributed by atoms with Gasteiger partial charge in [0.05, 0.1) is 16.6 Å². The van der Waals surface area contributed by atoms with Gasteiger partial charge in [0.25, 0.3) is 5.91 Å². The van der Waals surface area contributed by atoms with E-state index < -0.39 is 5.82 Å². The molecule has 2 fully saturated rings. The van der Waals surface area contributed by atoms with E-state index in [-0.39, 0.29) is 5.91 Å². The molecule has 6 heteroatoms. The van der Waals surface area contributed by atoms with Gasteiger partial charge in [-0.2, -0.15) is 0 Å². The summed E-state index contributed by atoms with van der Waals surface area (Å²) in [6.45, 7) is 0.694. The maximum absolute atomic E-state index is 13.6. The summed E-state index contributed by atoms with van der Waals surface area (Å²) in [6, 6.07) is 2.60. The van der Waals surface area contributed by atoms with Crippen LogP contribution < -0.4 is 5.32 Å². The van der Waals surface area contributed by atoms with E-state index >= 15 is 0 Å². The van der Waals surface area contributed by atoms with Gasteiger partial charge < -0.3 is 15.3 Å². The van der Waals surface area contributed by atoms with Crippen LogP contribution in [0.4, 0.5) is 4.39 Å². The molecule has 2 aliphatic carbocycles. The van der Waals surface area contributed by atoms with E-state index in [2.05, 4.69) is 15.3 Å². The zero-order valence-corrected chi connectivity index (χ0v) is 12.3. The summed E-state index contributed by atoms with van der Waals surface area (Å²) in [4.78, 5) is 18.2. The largest absolute Gasteiger partial charge is 0.351 e. The monoisotopic (exact) mass is 305 g/mol. The molecule has 2 aliphatic rings. The Bertz CT molecular complexity index is 786. The molecule has 110 valence electrons. The summed E-state index contributed by atoms with van der Waals surface area (Å²) in [7, 11) is 0. The first-order chi connectivity index (χ1) is 10.1. The first kappa shape index (κ1) is 13.0. The predicted octanol–water partition coefficient (Wildman–Crippen LogP) is 3.28. The van der Waals surface area contributed by atoms with Crippen LogP contribution in [0.3, 0.4) is 0 Å². The van der Waals surface area contributed by atoms with Crippen molar-refractivity contribution >= 4 is 29.2 Å². The van der Waals surface area contributed by atoms with E-state index in [9.17, 15) is 9.18 Å². The Kier molecular flexibility index (Phi) is 2.73. The van der Waals surface area contributed by atoms with Crippen LogP contribution in [0.25, 0.3) is 11.0 Å². The summed E-state index contributed by atoms with van der Waals surface area (Å²) in [5.41, 5.74) is 1.72. The van der Waals surface area contributed by atoms with Crippen molar-refractivity contribution < 1.29 is 9.18 Å². The number of carbonyl (C=O) groups excluding carboxylic acids is 1. The number of aromatic amines is 2. The number of amides is 1. The zero-order valence-electron chi connectivity index (χ0n) is 11.5. The van der Waals surface area contributed by atoms with Crippen LogP contribution >= 0.6 is 12.2 Å². The van der Waals surface area contributed by atoms with Gasteiger partial charge in [0, 0.05) is 6.54 Å². The molecule has 2 saturated carbocycles. The van der Waals surface area contributed by atoms with Crippen molar-refractivity contribution in [2.45, 2.75) is 25.7 Å². The fourth-order valence-electron chi connectivity index (χ4n) is 3.22. The Morgan fingerprint density at radius 1 is 1.38 bits per heavy atom. The van der Waals surface area contributed by atoms with Crippen molar-refractivity contribution in [1.29, 1.82) is 0 Å². The number of rotatable bonds is 4. The summed E-state index contributed by atoms with van der Waals surface area (Å²) in [5.74, 6) is 0.0984. The van der Waals surface area contributed by atoms with E-state index in [1.165, 1.54) is 37.8 Å². The molecular formula is C15H16FN3OS. The first-order valence-corrected chi connectivity index (χ1v) is 7.68. The van der Waals surface area contributed by atoms with Gasteiger partial charge in [-0.1, -0.05) is 0 Å². The number of carbonyl (C=O) groups is 1. The summed E-state index contributed by atoms with van der Waals surface area (Å²) in [5, 5.41) is 2.98. The third-order valence-electron chi connectivity index (χ3n) is 4.77. The third kappa shape index (κ3) is 2.27. The number of H-pyrrole nitrogens is 2. The van der Waals surface area contributed by atoms with Crippen LogP contribution in [-0.4, -0.2) is 22.4 Å². The highest BCUT2D eigenvalue weighted by molar-refractivity contribution is 7.71. The van der Waals surface area contributed by atoms with E-state index in [0.717, 1.165) is 5.92 Å². The van der Waals surface area contributed by atoms with Gasteiger partial charge in [0.2, 0.25) is 0 Å². The molecular weight excluding hydrogens is 289 g/mol. The number of imidazole rings is 1. The minimum Gasteiger partial charge on any atom is -0.351 e. The SMILES string of the molecule is O=C(NCC1(C2CC2)CC1)c1cc(F)cc2[nH]c(=S)[nH]c12. The van der Waals surface area contributed by atoms with E-state index in [1.54, 1.807) is 0 Å². The molecule has 0 spiro atoms. The van der Waals surface area contributed by atoms with Crippen molar-refractivity contribution in [3.8, 4) is 0 Å². The molecule has 1 aromatic carbocycles. The Morgan fingerprint density at radius 3 is 2.81 bits per heavy atom. The average molecular weight is 305 g/mol. The lowest BCUT2D eigenvalue weighted by molar-refractivity contribution is 0.0943. The molecule has 0 aliphatic heterocycles. The number of halogens is 1. The first-order valence-electron chi connectivity index (χ1n) is 7.27. The molecule has 21 heavy (non-hydrogen) atoms. The second kappa shape index (κ2) is 4.40. The second-order valence-electron chi connectivity index (χ2n) is 6.27. The second-order valence-corrected chi connectivity index (χ2v) is 6.68. The van der Waals surface area contributed by atoms with Gasteiger partial charge in [-0.25, -0.2) is 4.39 Å². The Hall–Kier alpha value is -1.69. The van der Waals surface area contributed by atoms with Crippen molar-refractivity contribution in [3.63, 3.8) is 0 Å². The molecule has 2 aromatic rings. The van der Waals surface area contributed by atoms with Crippen LogP contribution in [0.2, 0.25) is 0 Å². The minimum atomic E-state index is -0.443. The number of benzene rings is 1. The summed E-state index contributed by atoms with van der Waals surface area (Å²) >= 11 is 5.01. The van der Waals surface area contributed by atoms with E-state index in [1.807, 2.05) is 0 Å². The highest BCUT2D eigenvalue weighted by Gasteiger charge is 2.53. The number of nitrogens with one attached hydrogen (secondary N) is 3. The molecule has 0 unspecified atom stereocenters. The molecule has 0 atom stereocenters. The summed E-state index contributed by atoms with van der Waals surface area (Å²) in [6.07, 6.45) is 4.96. The number of hydrogen-bond acceptors (Lipinski definition) is 2. The maximum atomic E-state index is 13.6. The topological polar surface area (TPSA) is 60.7 Å². The van der Waals surface area contributed by atoms with Crippen LogP contribution in [0.5, 0.6) is 0 Å². The lowest BCUT2D eigenvalue weighted by Gasteiger charge is -2.15. The van der Waals surface area contributed by atoms with Gasteiger partial charge in [0.15, 0.2) is 4.77 Å². The van der Waals surface area contributed by atoms with Gasteiger partial charge in [-0.05, 0) is 61.4 Å². The van der Waals surface area contributed by atoms with Crippen LogP contribution in [0.1, 0.15) is 36.0 Å². The average Bonchev–Trinajstić information content (AvgIpc) is 3.32. The maximum Gasteiger partial charge on any atom is 0.253 e. The van der Waals surface area contributed by atoms with Crippen molar-refractivity contribution in [2.24, 2.45) is 11.3 Å². The minimum absolute atomic E-state index is 0.239. The molecule has 3 N–H and O–H groups in total. The predicted molar refractivity (Wildman–Crippen MR) is 80.2 cm³/mol. The van der Waals surface area contributed by atoms with E-state index in [0.29, 0.717) is 33.3 Å². The Labute approximate surface area is 126 Å². The highest BCUT2D eigenvalue weighted by atomic mass is 32.1. The van der Waals surface area contributed by atoms with Gasteiger partial charge in [0.1, 0.15) is 5.82 Å². The fraction of sp³-hybridized carbons (Fsp3) is 0.467. The third-order valence-corrected chi connectivity index (χ3v) is 4.98. The number of hydrogen-bond donors (Lipinski definition) is 3.